The Bertz CT molecular complexity index is 1040. The summed E-state index contributed by atoms with van der Waals surface area (Å²) < 4.78 is 0. The van der Waals surface area contributed by atoms with Gasteiger partial charge in [-0.1, -0.05) is 31.4 Å². The molecule has 0 spiro atoms. The number of nitro benzene ring substituents is 1. The topological polar surface area (TPSA) is 122 Å². The summed E-state index contributed by atoms with van der Waals surface area (Å²) in [6.07, 6.45) is 5.15. The highest BCUT2D eigenvalue weighted by Crippen LogP contribution is 2.27. The number of hydrogen-bond acceptors (Lipinski definition) is 6. The van der Waals surface area contributed by atoms with Crippen LogP contribution in [0.2, 0.25) is 0 Å². The van der Waals surface area contributed by atoms with Gasteiger partial charge in [0.15, 0.2) is 0 Å². The summed E-state index contributed by atoms with van der Waals surface area (Å²) >= 11 is 0. The van der Waals surface area contributed by atoms with Crippen LogP contribution in [0.4, 0.5) is 11.4 Å². The maximum absolute atomic E-state index is 12.5. The Morgan fingerprint density at radius 1 is 1.03 bits per heavy atom. The van der Waals surface area contributed by atoms with Crippen molar-refractivity contribution in [2.75, 3.05) is 18.4 Å². The molecule has 2 aliphatic rings. The first-order valence-electron chi connectivity index (χ1n) is 10.7. The predicted octanol–water partition coefficient (Wildman–Crippen LogP) is 3.37. The van der Waals surface area contributed by atoms with Crippen LogP contribution in [0.1, 0.15) is 63.2 Å². The zero-order chi connectivity index (χ0) is 22.7. The van der Waals surface area contributed by atoms with Crippen molar-refractivity contribution < 1.29 is 19.3 Å². The number of nitrogens with one attached hydrogen (secondary N) is 2. The van der Waals surface area contributed by atoms with E-state index in [0.29, 0.717) is 11.1 Å². The molecule has 0 atom stereocenters. The van der Waals surface area contributed by atoms with Gasteiger partial charge in [-0.25, -0.2) is 0 Å². The van der Waals surface area contributed by atoms with E-state index in [-0.39, 0.29) is 53.8 Å². The van der Waals surface area contributed by atoms with Crippen molar-refractivity contribution in [1.82, 2.24) is 10.2 Å². The lowest BCUT2D eigenvalue weighted by Gasteiger charge is -2.22. The molecule has 2 aromatic carbocycles. The average Bonchev–Trinajstić information content (AvgIpc) is 3.04. The Hall–Kier alpha value is -3.75. The van der Waals surface area contributed by atoms with Gasteiger partial charge >= 0.3 is 0 Å². The predicted molar refractivity (Wildman–Crippen MR) is 118 cm³/mol. The average molecular weight is 436 g/mol. The molecule has 9 nitrogen and oxygen atoms in total. The van der Waals surface area contributed by atoms with Gasteiger partial charge in [0.25, 0.3) is 23.4 Å². The number of nitro groups is 1. The zero-order valence-electron chi connectivity index (χ0n) is 17.5. The van der Waals surface area contributed by atoms with Crippen LogP contribution in [-0.2, 0) is 0 Å². The molecule has 0 saturated heterocycles. The summed E-state index contributed by atoms with van der Waals surface area (Å²) in [4.78, 5) is 49.5. The number of benzene rings is 2. The SMILES string of the molecule is O=C(NC1CCCCC1)c1ccc(NCCN2C(=O)c3ccccc3C2=O)c([N+](=O)[O-])c1. The second-order valence-corrected chi connectivity index (χ2v) is 8.03. The van der Waals surface area contributed by atoms with Gasteiger partial charge in [0.1, 0.15) is 5.69 Å². The third kappa shape index (κ3) is 4.32. The van der Waals surface area contributed by atoms with Crippen LogP contribution in [0.15, 0.2) is 42.5 Å². The van der Waals surface area contributed by atoms with Crippen molar-refractivity contribution in [2.45, 2.75) is 38.1 Å². The lowest BCUT2D eigenvalue weighted by atomic mass is 9.95. The van der Waals surface area contributed by atoms with Crippen molar-refractivity contribution >= 4 is 29.1 Å². The van der Waals surface area contributed by atoms with E-state index in [0.717, 1.165) is 30.6 Å². The summed E-state index contributed by atoms with van der Waals surface area (Å²) in [5, 5.41) is 17.4. The maximum Gasteiger partial charge on any atom is 0.293 e. The quantitative estimate of drug-likeness (QED) is 0.390. The highest BCUT2D eigenvalue weighted by Gasteiger charge is 2.34. The first-order chi connectivity index (χ1) is 15.5. The van der Waals surface area contributed by atoms with Crippen LogP contribution in [0, 0.1) is 10.1 Å². The summed E-state index contributed by atoms with van der Waals surface area (Å²) in [6.45, 7) is 0.202. The summed E-state index contributed by atoms with van der Waals surface area (Å²) in [5.41, 5.74) is 0.936. The number of fused-ring (bicyclic) bond motifs is 1. The standard InChI is InChI=1S/C23H24N4O5/c28-21(25-16-6-2-1-3-7-16)15-10-11-19(20(14-15)27(31)32)24-12-13-26-22(29)17-8-4-5-9-18(17)23(26)30/h4-5,8-11,14,16,24H,1-3,6-7,12-13H2,(H,25,28). The molecule has 32 heavy (non-hydrogen) atoms. The molecule has 2 aromatic rings. The van der Waals surface area contributed by atoms with Crippen LogP contribution in [0.5, 0.6) is 0 Å². The summed E-state index contributed by atoms with van der Waals surface area (Å²) in [5.74, 6) is -1.08. The first-order valence-corrected chi connectivity index (χ1v) is 10.7. The van der Waals surface area contributed by atoms with Crippen LogP contribution in [0.3, 0.4) is 0 Å². The number of nitrogens with zero attached hydrogens (tertiary/aromatic N) is 2. The van der Waals surface area contributed by atoms with Gasteiger partial charge in [0.2, 0.25) is 0 Å². The zero-order valence-corrected chi connectivity index (χ0v) is 17.5. The van der Waals surface area contributed by atoms with Crippen LogP contribution < -0.4 is 10.6 Å². The second kappa shape index (κ2) is 9.17. The number of imide groups is 1. The summed E-state index contributed by atoms with van der Waals surface area (Å²) in [7, 11) is 0. The molecular formula is C23H24N4O5. The molecule has 0 bridgehead atoms. The summed E-state index contributed by atoms with van der Waals surface area (Å²) in [6, 6.07) is 11.0. The molecule has 1 aliphatic carbocycles. The van der Waals surface area contributed by atoms with Crippen LogP contribution in [0.25, 0.3) is 0 Å². The van der Waals surface area contributed by atoms with Crippen molar-refractivity contribution in [1.29, 1.82) is 0 Å². The van der Waals surface area contributed by atoms with E-state index in [1.165, 1.54) is 24.6 Å². The molecule has 9 heteroatoms. The van der Waals surface area contributed by atoms with Crippen LogP contribution in [-0.4, -0.2) is 46.7 Å². The van der Waals surface area contributed by atoms with Gasteiger partial charge in [-0.2, -0.15) is 0 Å². The Balaban J connectivity index is 1.40. The first kappa shape index (κ1) is 21.5. The number of rotatable bonds is 7. The number of hydrogen-bond donors (Lipinski definition) is 2. The lowest BCUT2D eigenvalue weighted by molar-refractivity contribution is -0.384. The Labute approximate surface area is 184 Å². The van der Waals surface area contributed by atoms with E-state index < -0.39 is 4.92 Å². The third-order valence-corrected chi connectivity index (χ3v) is 5.93. The monoisotopic (exact) mass is 436 g/mol. The Morgan fingerprint density at radius 3 is 2.31 bits per heavy atom. The number of carbonyl (C=O) groups is 3. The fraction of sp³-hybridized carbons (Fsp3) is 0.348. The minimum Gasteiger partial charge on any atom is -0.378 e. The third-order valence-electron chi connectivity index (χ3n) is 5.93. The molecule has 0 unspecified atom stereocenters. The lowest BCUT2D eigenvalue weighted by Crippen LogP contribution is -2.36. The molecule has 0 radical (unpaired) electrons. The van der Waals surface area contributed by atoms with Crippen molar-refractivity contribution in [2.24, 2.45) is 0 Å². The Kier molecular flexibility index (Phi) is 6.16. The molecule has 2 N–H and O–H groups in total. The van der Waals surface area contributed by atoms with Crippen molar-refractivity contribution in [3.05, 3.63) is 69.3 Å². The van der Waals surface area contributed by atoms with Gasteiger partial charge in [0, 0.05) is 30.8 Å². The molecule has 1 saturated carbocycles. The molecule has 1 aliphatic heterocycles. The number of carbonyl (C=O) groups excluding carboxylic acids is 3. The largest absolute Gasteiger partial charge is 0.378 e. The molecule has 0 aromatic heterocycles. The highest BCUT2D eigenvalue weighted by atomic mass is 16.6. The maximum atomic E-state index is 12.5. The van der Waals surface area contributed by atoms with Crippen molar-refractivity contribution in [3.63, 3.8) is 0 Å². The van der Waals surface area contributed by atoms with E-state index in [9.17, 15) is 24.5 Å². The van der Waals surface area contributed by atoms with Crippen LogP contribution >= 0.6 is 0 Å². The normalized spacial score (nSPS) is 16.1. The number of amides is 3. The van der Waals surface area contributed by atoms with Gasteiger partial charge < -0.3 is 10.6 Å². The number of anilines is 1. The smallest absolute Gasteiger partial charge is 0.293 e. The minimum absolute atomic E-state index is 0.0629. The fourth-order valence-corrected chi connectivity index (χ4v) is 4.23. The van der Waals surface area contributed by atoms with E-state index in [1.54, 1.807) is 24.3 Å². The molecule has 1 fully saturated rings. The molecule has 3 amide bonds. The van der Waals surface area contributed by atoms with Gasteiger partial charge in [-0.3, -0.25) is 29.4 Å². The molecule has 166 valence electrons. The van der Waals surface area contributed by atoms with Gasteiger partial charge in [-0.05, 0) is 37.1 Å². The van der Waals surface area contributed by atoms with E-state index in [1.807, 2.05) is 0 Å². The van der Waals surface area contributed by atoms with Crippen molar-refractivity contribution in [3.8, 4) is 0 Å². The Morgan fingerprint density at radius 2 is 1.69 bits per heavy atom. The fourth-order valence-electron chi connectivity index (χ4n) is 4.23. The second-order valence-electron chi connectivity index (χ2n) is 8.03. The molecule has 1 heterocycles. The highest BCUT2D eigenvalue weighted by molar-refractivity contribution is 6.21. The minimum atomic E-state index is -0.554. The van der Waals surface area contributed by atoms with Gasteiger partial charge in [0.05, 0.1) is 16.1 Å². The van der Waals surface area contributed by atoms with E-state index in [2.05, 4.69) is 10.6 Å². The van der Waals surface area contributed by atoms with E-state index >= 15 is 0 Å². The molecular weight excluding hydrogens is 412 g/mol. The van der Waals surface area contributed by atoms with Gasteiger partial charge in [-0.15, -0.1) is 0 Å². The molecule has 4 rings (SSSR count). The van der Waals surface area contributed by atoms with E-state index in [4.69, 9.17) is 0 Å².